The summed E-state index contributed by atoms with van der Waals surface area (Å²) < 4.78 is 23.0. The first-order valence-corrected chi connectivity index (χ1v) is 10.6. The molecule has 2 N–H and O–H groups in total. The molecule has 1 aromatic rings. The van der Waals surface area contributed by atoms with Crippen molar-refractivity contribution in [1.82, 2.24) is 10.6 Å². The lowest BCUT2D eigenvalue weighted by Gasteiger charge is -2.23. The van der Waals surface area contributed by atoms with Crippen LogP contribution in [0.15, 0.2) is 29.2 Å². The fraction of sp³-hybridized carbons (Fsp3) is 0.611. The van der Waals surface area contributed by atoms with Gasteiger partial charge in [0.1, 0.15) is 0 Å². The molecule has 1 atom stereocenters. The van der Waals surface area contributed by atoms with Crippen LogP contribution in [0.25, 0.3) is 0 Å². The van der Waals surface area contributed by atoms with Gasteiger partial charge in [-0.15, -0.1) is 0 Å². The summed E-state index contributed by atoms with van der Waals surface area (Å²) in [7, 11) is -3.19. The predicted octanol–water partition coefficient (Wildman–Crippen LogP) is 3.56. The third-order valence-corrected chi connectivity index (χ3v) is 5.72. The normalized spacial score (nSPS) is 18.2. The Morgan fingerprint density at radius 3 is 2.12 bits per heavy atom. The average molecular weight is 352 g/mol. The molecule has 1 unspecified atom stereocenters. The lowest BCUT2D eigenvalue weighted by atomic mass is 9.97. The van der Waals surface area contributed by atoms with Crippen molar-refractivity contribution in [2.75, 3.05) is 6.26 Å². The summed E-state index contributed by atoms with van der Waals surface area (Å²) in [4.78, 5) is 12.5. The highest BCUT2D eigenvalue weighted by atomic mass is 32.2. The second kappa shape index (κ2) is 8.51. The fourth-order valence-electron chi connectivity index (χ4n) is 3.11. The molecule has 0 spiro atoms. The van der Waals surface area contributed by atoms with Crippen LogP contribution < -0.4 is 10.6 Å². The quantitative estimate of drug-likeness (QED) is 0.870. The Labute approximate surface area is 145 Å². The van der Waals surface area contributed by atoms with E-state index in [4.69, 9.17) is 0 Å². The summed E-state index contributed by atoms with van der Waals surface area (Å²) in [5, 5.41) is 6.02. The molecule has 0 aromatic heterocycles. The summed E-state index contributed by atoms with van der Waals surface area (Å²) in [6.07, 6.45) is 9.44. The SMILES string of the molecule is CC(NC(=O)NC1CCCCCCC1)c1ccc(S(C)(=O)=O)cc1. The van der Waals surface area contributed by atoms with E-state index >= 15 is 0 Å². The van der Waals surface area contributed by atoms with Gasteiger partial charge in [0, 0.05) is 12.3 Å². The zero-order chi connectivity index (χ0) is 17.6. The standard InChI is InChI=1S/C18H28N2O3S/c1-14(15-10-12-17(13-11-15)24(2,22)23)19-18(21)20-16-8-6-4-3-5-7-9-16/h10-14,16H,3-9H2,1-2H3,(H2,19,20,21). The van der Waals surface area contributed by atoms with Crippen LogP contribution in [0.5, 0.6) is 0 Å². The highest BCUT2D eigenvalue weighted by molar-refractivity contribution is 7.90. The van der Waals surface area contributed by atoms with Gasteiger partial charge in [0.05, 0.1) is 10.9 Å². The van der Waals surface area contributed by atoms with E-state index in [1.54, 1.807) is 24.3 Å². The third-order valence-electron chi connectivity index (χ3n) is 4.60. The van der Waals surface area contributed by atoms with E-state index in [0.717, 1.165) is 18.4 Å². The van der Waals surface area contributed by atoms with Crippen molar-refractivity contribution in [3.05, 3.63) is 29.8 Å². The molecule has 2 rings (SSSR count). The minimum atomic E-state index is -3.19. The number of hydrogen-bond acceptors (Lipinski definition) is 3. The summed E-state index contributed by atoms with van der Waals surface area (Å²) in [6.45, 7) is 1.90. The molecule has 134 valence electrons. The summed E-state index contributed by atoms with van der Waals surface area (Å²) in [5.74, 6) is 0. The van der Waals surface area contributed by atoms with E-state index in [1.165, 1.54) is 38.4 Å². The summed E-state index contributed by atoms with van der Waals surface area (Å²) >= 11 is 0. The number of sulfone groups is 1. The highest BCUT2D eigenvalue weighted by Crippen LogP contribution is 2.18. The number of carbonyl (C=O) groups excluding carboxylic acids is 1. The van der Waals surface area contributed by atoms with Crippen molar-refractivity contribution in [1.29, 1.82) is 0 Å². The van der Waals surface area contributed by atoms with Crippen molar-refractivity contribution in [3.8, 4) is 0 Å². The molecule has 1 aromatic carbocycles. The highest BCUT2D eigenvalue weighted by Gasteiger charge is 2.16. The molecular weight excluding hydrogens is 324 g/mol. The molecule has 1 fully saturated rings. The first kappa shape index (κ1) is 18.8. The maximum atomic E-state index is 12.2. The third kappa shape index (κ3) is 5.82. The lowest BCUT2D eigenvalue weighted by Crippen LogP contribution is -2.43. The number of carbonyl (C=O) groups is 1. The van der Waals surface area contributed by atoms with Crippen molar-refractivity contribution >= 4 is 15.9 Å². The topological polar surface area (TPSA) is 75.3 Å². The Hall–Kier alpha value is -1.56. The van der Waals surface area contributed by atoms with Crippen LogP contribution >= 0.6 is 0 Å². The van der Waals surface area contributed by atoms with Crippen LogP contribution in [0, 0.1) is 0 Å². The largest absolute Gasteiger partial charge is 0.335 e. The van der Waals surface area contributed by atoms with E-state index in [0.29, 0.717) is 0 Å². The molecule has 1 aliphatic carbocycles. The van der Waals surface area contributed by atoms with Crippen molar-refractivity contribution in [2.24, 2.45) is 0 Å². The molecule has 0 aliphatic heterocycles. The molecule has 0 radical (unpaired) electrons. The predicted molar refractivity (Wildman–Crippen MR) is 95.7 cm³/mol. The van der Waals surface area contributed by atoms with Gasteiger partial charge in [-0.3, -0.25) is 0 Å². The second-order valence-corrected chi connectivity index (χ2v) is 8.74. The van der Waals surface area contributed by atoms with E-state index in [9.17, 15) is 13.2 Å². The van der Waals surface area contributed by atoms with Crippen LogP contribution in [-0.4, -0.2) is 26.7 Å². The van der Waals surface area contributed by atoms with Crippen LogP contribution in [0.4, 0.5) is 4.79 Å². The van der Waals surface area contributed by atoms with Gasteiger partial charge in [-0.2, -0.15) is 0 Å². The molecule has 0 bridgehead atoms. The molecule has 1 aliphatic rings. The second-order valence-electron chi connectivity index (χ2n) is 6.72. The zero-order valence-electron chi connectivity index (χ0n) is 14.5. The lowest BCUT2D eigenvalue weighted by molar-refractivity contribution is 0.231. The monoisotopic (exact) mass is 352 g/mol. The van der Waals surface area contributed by atoms with Gasteiger partial charge >= 0.3 is 6.03 Å². The van der Waals surface area contributed by atoms with Gasteiger partial charge < -0.3 is 10.6 Å². The van der Waals surface area contributed by atoms with Crippen LogP contribution in [0.1, 0.15) is 63.5 Å². The Bertz CT molecular complexity index is 633. The summed E-state index contributed by atoms with van der Waals surface area (Å²) in [6, 6.07) is 6.58. The van der Waals surface area contributed by atoms with Crippen molar-refractivity contribution < 1.29 is 13.2 Å². The minimum absolute atomic E-state index is 0.153. The van der Waals surface area contributed by atoms with Crippen LogP contribution in [0.3, 0.4) is 0 Å². The fourth-order valence-corrected chi connectivity index (χ4v) is 3.74. The van der Waals surface area contributed by atoms with Gasteiger partial charge in [0.2, 0.25) is 0 Å². The number of nitrogens with one attached hydrogen (secondary N) is 2. The number of urea groups is 1. The smallest absolute Gasteiger partial charge is 0.315 e. The minimum Gasteiger partial charge on any atom is -0.335 e. The molecule has 5 nitrogen and oxygen atoms in total. The van der Waals surface area contributed by atoms with E-state index in [-0.39, 0.29) is 23.0 Å². The van der Waals surface area contributed by atoms with Gasteiger partial charge in [0.25, 0.3) is 0 Å². The summed E-state index contributed by atoms with van der Waals surface area (Å²) in [5.41, 5.74) is 0.884. The van der Waals surface area contributed by atoms with Gasteiger partial charge in [0.15, 0.2) is 9.84 Å². The molecule has 1 saturated carbocycles. The molecule has 0 heterocycles. The van der Waals surface area contributed by atoms with Crippen LogP contribution in [-0.2, 0) is 9.84 Å². The Morgan fingerprint density at radius 1 is 1.04 bits per heavy atom. The maximum Gasteiger partial charge on any atom is 0.315 e. The molecule has 0 saturated heterocycles. The molecule has 6 heteroatoms. The molecular formula is C18H28N2O3S. The number of benzene rings is 1. The van der Waals surface area contributed by atoms with E-state index in [2.05, 4.69) is 10.6 Å². The average Bonchev–Trinajstić information content (AvgIpc) is 2.49. The number of rotatable bonds is 4. The van der Waals surface area contributed by atoms with E-state index in [1.807, 2.05) is 6.92 Å². The zero-order valence-corrected chi connectivity index (χ0v) is 15.4. The van der Waals surface area contributed by atoms with E-state index < -0.39 is 9.84 Å². The first-order valence-electron chi connectivity index (χ1n) is 8.73. The Balaban J connectivity index is 1.88. The van der Waals surface area contributed by atoms with Crippen molar-refractivity contribution in [3.63, 3.8) is 0 Å². The number of amides is 2. The Kier molecular flexibility index (Phi) is 6.66. The molecule has 24 heavy (non-hydrogen) atoms. The van der Waals surface area contributed by atoms with Gasteiger partial charge in [-0.05, 0) is 37.5 Å². The first-order chi connectivity index (χ1) is 11.4. The number of hydrogen-bond donors (Lipinski definition) is 2. The van der Waals surface area contributed by atoms with Gasteiger partial charge in [-0.1, -0.05) is 44.2 Å². The van der Waals surface area contributed by atoms with Crippen LogP contribution in [0.2, 0.25) is 0 Å². The Morgan fingerprint density at radius 2 is 1.58 bits per heavy atom. The van der Waals surface area contributed by atoms with Gasteiger partial charge in [-0.25, -0.2) is 13.2 Å². The molecule has 2 amide bonds. The maximum absolute atomic E-state index is 12.2. The van der Waals surface area contributed by atoms with Crippen molar-refractivity contribution in [2.45, 2.75) is 68.8 Å².